The predicted octanol–water partition coefficient (Wildman–Crippen LogP) is 4.05. The highest BCUT2D eigenvalue weighted by molar-refractivity contribution is 9.10. The molecule has 8 heteroatoms. The van der Waals surface area contributed by atoms with Crippen LogP contribution in [0.25, 0.3) is 0 Å². The van der Waals surface area contributed by atoms with Crippen molar-refractivity contribution >= 4 is 33.5 Å². The fraction of sp³-hybridized carbons (Fsp3) is 0.125. The lowest BCUT2D eigenvalue weighted by Crippen LogP contribution is -2.30. The summed E-state index contributed by atoms with van der Waals surface area (Å²) >= 11 is 3.01. The lowest BCUT2D eigenvalue weighted by atomic mass is 10.2. The standard InChI is InChI=1S/C16H11BrF3NO3/c1-8(15(22)21-14-7-10(19)3-5-13(14)20)24-16(23)11-4-2-9(18)6-12(11)17/h2-8H,1H3,(H,21,22)/t8-/m1/s1. The second kappa shape index (κ2) is 7.48. The highest BCUT2D eigenvalue weighted by Crippen LogP contribution is 2.20. The Morgan fingerprint density at radius 3 is 2.38 bits per heavy atom. The zero-order valence-corrected chi connectivity index (χ0v) is 13.9. The van der Waals surface area contributed by atoms with E-state index in [1.165, 1.54) is 13.0 Å². The summed E-state index contributed by atoms with van der Waals surface area (Å²) < 4.78 is 44.7. The molecular weight excluding hydrogens is 391 g/mol. The van der Waals surface area contributed by atoms with Crippen LogP contribution in [0.3, 0.4) is 0 Å². The molecule has 0 radical (unpaired) electrons. The average molecular weight is 402 g/mol. The van der Waals surface area contributed by atoms with Crippen LogP contribution < -0.4 is 5.32 Å². The molecule has 0 heterocycles. The summed E-state index contributed by atoms with van der Waals surface area (Å²) in [7, 11) is 0. The maximum atomic E-state index is 13.5. The third-order valence-electron chi connectivity index (χ3n) is 2.99. The Morgan fingerprint density at radius 1 is 1.08 bits per heavy atom. The van der Waals surface area contributed by atoms with Crippen LogP contribution in [0.1, 0.15) is 17.3 Å². The van der Waals surface area contributed by atoms with Gasteiger partial charge in [0.1, 0.15) is 17.5 Å². The van der Waals surface area contributed by atoms with Gasteiger partial charge in [0, 0.05) is 10.5 Å². The topological polar surface area (TPSA) is 55.4 Å². The molecule has 0 aliphatic carbocycles. The second-order valence-electron chi connectivity index (χ2n) is 4.79. The van der Waals surface area contributed by atoms with Gasteiger partial charge in [0.2, 0.25) is 0 Å². The molecule has 4 nitrogen and oxygen atoms in total. The Balaban J connectivity index is 2.05. The maximum Gasteiger partial charge on any atom is 0.340 e. The Morgan fingerprint density at radius 2 is 1.71 bits per heavy atom. The van der Waals surface area contributed by atoms with E-state index in [0.29, 0.717) is 0 Å². The fourth-order valence-electron chi connectivity index (χ4n) is 1.76. The molecule has 0 bridgehead atoms. The van der Waals surface area contributed by atoms with Crippen molar-refractivity contribution in [3.63, 3.8) is 0 Å². The molecular formula is C16H11BrF3NO3. The quantitative estimate of drug-likeness (QED) is 0.786. The van der Waals surface area contributed by atoms with Crippen molar-refractivity contribution in [1.82, 2.24) is 0 Å². The van der Waals surface area contributed by atoms with Crippen LogP contribution >= 0.6 is 15.9 Å². The summed E-state index contributed by atoms with van der Waals surface area (Å²) in [5.41, 5.74) is -0.348. The highest BCUT2D eigenvalue weighted by Gasteiger charge is 2.21. The third-order valence-corrected chi connectivity index (χ3v) is 3.65. The first kappa shape index (κ1) is 18.0. The summed E-state index contributed by atoms with van der Waals surface area (Å²) in [5, 5.41) is 2.13. The normalized spacial score (nSPS) is 11.7. The number of anilines is 1. The summed E-state index contributed by atoms with van der Waals surface area (Å²) in [6.07, 6.45) is -1.28. The Bertz CT molecular complexity index is 798. The summed E-state index contributed by atoms with van der Waals surface area (Å²) in [6.45, 7) is 1.27. The van der Waals surface area contributed by atoms with E-state index in [-0.39, 0.29) is 15.7 Å². The minimum absolute atomic E-state index is 0.0213. The van der Waals surface area contributed by atoms with E-state index >= 15 is 0 Å². The van der Waals surface area contributed by atoms with Crippen LogP contribution in [0.2, 0.25) is 0 Å². The Hall–Kier alpha value is -2.35. The number of carbonyl (C=O) groups excluding carboxylic acids is 2. The molecule has 0 fully saturated rings. The molecule has 2 aromatic carbocycles. The zero-order chi connectivity index (χ0) is 17.9. The monoisotopic (exact) mass is 401 g/mol. The summed E-state index contributed by atoms with van der Waals surface area (Å²) in [5.74, 6) is -3.82. The van der Waals surface area contributed by atoms with Crippen LogP contribution in [-0.4, -0.2) is 18.0 Å². The van der Waals surface area contributed by atoms with Gasteiger partial charge < -0.3 is 10.1 Å². The van der Waals surface area contributed by atoms with Crippen LogP contribution in [0.5, 0.6) is 0 Å². The molecule has 2 rings (SSSR count). The SMILES string of the molecule is C[C@@H](OC(=O)c1ccc(F)cc1Br)C(=O)Nc1cc(F)ccc1F. The average Bonchev–Trinajstić information content (AvgIpc) is 2.50. The van der Waals surface area contributed by atoms with Crippen molar-refractivity contribution in [1.29, 1.82) is 0 Å². The van der Waals surface area contributed by atoms with Gasteiger partial charge in [-0.1, -0.05) is 0 Å². The van der Waals surface area contributed by atoms with Crippen molar-refractivity contribution in [3.05, 3.63) is 63.9 Å². The molecule has 0 aliphatic rings. The number of esters is 1. The first-order valence-corrected chi connectivity index (χ1v) is 7.49. The molecule has 126 valence electrons. The highest BCUT2D eigenvalue weighted by atomic mass is 79.9. The van der Waals surface area contributed by atoms with Crippen molar-refractivity contribution in [2.24, 2.45) is 0 Å². The van der Waals surface area contributed by atoms with E-state index in [1.54, 1.807) is 0 Å². The Kier molecular flexibility index (Phi) is 5.61. The molecule has 0 unspecified atom stereocenters. The van der Waals surface area contributed by atoms with Crippen LogP contribution in [0.15, 0.2) is 40.9 Å². The molecule has 1 N–H and O–H groups in total. The van der Waals surface area contributed by atoms with E-state index in [9.17, 15) is 22.8 Å². The molecule has 0 saturated heterocycles. The van der Waals surface area contributed by atoms with Gasteiger partial charge >= 0.3 is 5.97 Å². The number of ether oxygens (including phenoxy) is 1. The largest absolute Gasteiger partial charge is 0.449 e. The zero-order valence-electron chi connectivity index (χ0n) is 12.3. The number of rotatable bonds is 4. The number of hydrogen-bond donors (Lipinski definition) is 1. The van der Waals surface area contributed by atoms with Gasteiger partial charge in [-0.2, -0.15) is 0 Å². The predicted molar refractivity (Wildman–Crippen MR) is 84.0 cm³/mol. The third kappa shape index (κ3) is 4.35. The van der Waals surface area contributed by atoms with Gasteiger partial charge in [-0.25, -0.2) is 18.0 Å². The molecule has 1 amide bonds. The smallest absolute Gasteiger partial charge is 0.340 e. The van der Waals surface area contributed by atoms with E-state index in [1.807, 2.05) is 0 Å². The molecule has 0 aliphatic heterocycles. The molecule has 2 aromatic rings. The number of hydrogen-bond acceptors (Lipinski definition) is 3. The lowest BCUT2D eigenvalue weighted by molar-refractivity contribution is -0.123. The lowest BCUT2D eigenvalue weighted by Gasteiger charge is -2.14. The van der Waals surface area contributed by atoms with Crippen molar-refractivity contribution in [2.75, 3.05) is 5.32 Å². The van der Waals surface area contributed by atoms with Crippen molar-refractivity contribution in [2.45, 2.75) is 13.0 Å². The summed E-state index contributed by atoms with van der Waals surface area (Å²) in [6, 6.07) is 5.90. The minimum Gasteiger partial charge on any atom is -0.449 e. The first-order valence-electron chi connectivity index (χ1n) is 6.70. The maximum absolute atomic E-state index is 13.5. The molecule has 0 saturated carbocycles. The first-order chi connectivity index (χ1) is 11.3. The number of benzene rings is 2. The number of amides is 1. The molecule has 0 aromatic heterocycles. The van der Waals surface area contributed by atoms with Crippen molar-refractivity contribution in [3.8, 4) is 0 Å². The van der Waals surface area contributed by atoms with Gasteiger partial charge in [0.15, 0.2) is 6.10 Å². The summed E-state index contributed by atoms with van der Waals surface area (Å²) in [4.78, 5) is 23.9. The fourth-order valence-corrected chi connectivity index (χ4v) is 2.27. The van der Waals surface area contributed by atoms with Crippen molar-refractivity contribution < 1.29 is 27.5 Å². The van der Waals surface area contributed by atoms with E-state index in [0.717, 1.165) is 30.3 Å². The van der Waals surface area contributed by atoms with Gasteiger partial charge in [-0.3, -0.25) is 4.79 Å². The van der Waals surface area contributed by atoms with Crippen LogP contribution in [0.4, 0.5) is 18.9 Å². The molecule has 24 heavy (non-hydrogen) atoms. The Labute approximate surface area is 143 Å². The van der Waals surface area contributed by atoms with Gasteiger partial charge in [-0.05, 0) is 53.2 Å². The van der Waals surface area contributed by atoms with Gasteiger partial charge in [0.25, 0.3) is 5.91 Å². The minimum atomic E-state index is -1.28. The van der Waals surface area contributed by atoms with Gasteiger partial charge in [-0.15, -0.1) is 0 Å². The van der Waals surface area contributed by atoms with E-state index in [2.05, 4.69) is 21.2 Å². The van der Waals surface area contributed by atoms with Crippen LogP contribution in [-0.2, 0) is 9.53 Å². The second-order valence-corrected chi connectivity index (χ2v) is 5.64. The van der Waals surface area contributed by atoms with Gasteiger partial charge in [0.05, 0.1) is 11.3 Å². The van der Waals surface area contributed by atoms with E-state index in [4.69, 9.17) is 4.74 Å². The van der Waals surface area contributed by atoms with Crippen LogP contribution in [0, 0.1) is 17.5 Å². The number of carbonyl (C=O) groups is 2. The molecule has 0 spiro atoms. The number of halogens is 4. The van der Waals surface area contributed by atoms with E-state index < -0.39 is 35.4 Å². The molecule has 1 atom stereocenters. The number of nitrogens with one attached hydrogen (secondary N) is 1.